The van der Waals surface area contributed by atoms with Crippen LogP contribution in [0.2, 0.25) is 0 Å². The number of halogens is 1. The Morgan fingerprint density at radius 3 is 2.18 bits per heavy atom. The summed E-state index contributed by atoms with van der Waals surface area (Å²) in [6.07, 6.45) is 1.41. The molecule has 0 aromatic carbocycles. The highest BCUT2D eigenvalue weighted by Gasteiger charge is 2.27. The van der Waals surface area contributed by atoms with E-state index in [1.165, 1.54) is 0 Å². The molecule has 0 aliphatic rings. The van der Waals surface area contributed by atoms with Crippen molar-refractivity contribution in [2.45, 2.75) is 51.4 Å². The molecule has 0 aliphatic heterocycles. The topological polar surface area (TPSA) is 66.4 Å². The van der Waals surface area contributed by atoms with E-state index in [1.807, 2.05) is 27.7 Å². The summed E-state index contributed by atoms with van der Waals surface area (Å²) in [5.41, 5.74) is 0. The van der Waals surface area contributed by atoms with Crippen LogP contribution in [0, 0.1) is 11.8 Å². The molecule has 0 fully saturated rings. The van der Waals surface area contributed by atoms with Crippen molar-refractivity contribution in [3.05, 3.63) is 0 Å². The molecular formula is C12H22BrNO3. The lowest BCUT2D eigenvalue weighted by Crippen LogP contribution is -2.47. The maximum atomic E-state index is 11.8. The number of hydrogen-bond acceptors (Lipinski definition) is 2. The summed E-state index contributed by atoms with van der Waals surface area (Å²) in [7, 11) is 0. The van der Waals surface area contributed by atoms with Gasteiger partial charge in [-0.2, -0.15) is 0 Å². The third-order valence-corrected chi connectivity index (χ3v) is 3.53. The first-order valence-electron chi connectivity index (χ1n) is 5.96. The minimum Gasteiger partial charge on any atom is -0.480 e. The molecule has 0 aromatic rings. The van der Waals surface area contributed by atoms with Crippen LogP contribution < -0.4 is 5.32 Å². The highest BCUT2D eigenvalue weighted by atomic mass is 79.9. The van der Waals surface area contributed by atoms with Gasteiger partial charge >= 0.3 is 5.97 Å². The van der Waals surface area contributed by atoms with Crippen molar-refractivity contribution >= 4 is 27.8 Å². The van der Waals surface area contributed by atoms with Crippen LogP contribution in [0.4, 0.5) is 0 Å². The fourth-order valence-electron chi connectivity index (χ4n) is 1.45. The Hall–Kier alpha value is -0.580. The van der Waals surface area contributed by atoms with Crippen molar-refractivity contribution in [2.24, 2.45) is 11.8 Å². The lowest BCUT2D eigenvalue weighted by molar-refractivity contribution is -0.143. The summed E-state index contributed by atoms with van der Waals surface area (Å²) in [5.74, 6) is -0.907. The van der Waals surface area contributed by atoms with Crippen LogP contribution in [0.15, 0.2) is 0 Å². The van der Waals surface area contributed by atoms with Crippen LogP contribution in [-0.2, 0) is 9.59 Å². The van der Waals surface area contributed by atoms with E-state index in [1.54, 1.807) is 0 Å². The predicted molar refractivity (Wildman–Crippen MR) is 71.2 cm³/mol. The molecule has 0 heterocycles. The number of carbonyl (C=O) groups excluding carboxylic acids is 1. The molecule has 0 aromatic heterocycles. The highest BCUT2D eigenvalue weighted by molar-refractivity contribution is 9.10. The van der Waals surface area contributed by atoms with E-state index in [-0.39, 0.29) is 16.7 Å². The molecule has 1 amide bonds. The number of alkyl halides is 1. The maximum absolute atomic E-state index is 11.8. The lowest BCUT2D eigenvalue weighted by Gasteiger charge is -2.22. The van der Waals surface area contributed by atoms with Gasteiger partial charge in [0.25, 0.3) is 0 Å². The monoisotopic (exact) mass is 307 g/mol. The van der Waals surface area contributed by atoms with Gasteiger partial charge in [0, 0.05) is 0 Å². The van der Waals surface area contributed by atoms with Crippen molar-refractivity contribution in [2.75, 3.05) is 0 Å². The quantitative estimate of drug-likeness (QED) is 0.710. The summed E-state index contributed by atoms with van der Waals surface area (Å²) >= 11 is 3.29. The molecule has 0 radical (unpaired) electrons. The molecule has 4 nitrogen and oxygen atoms in total. The zero-order valence-corrected chi connectivity index (χ0v) is 12.5. The molecule has 2 N–H and O–H groups in total. The second kappa shape index (κ2) is 7.69. The molecular weight excluding hydrogens is 286 g/mol. The van der Waals surface area contributed by atoms with E-state index in [0.29, 0.717) is 18.8 Å². The van der Waals surface area contributed by atoms with Crippen molar-refractivity contribution in [3.63, 3.8) is 0 Å². The molecule has 0 saturated heterocycles. The number of amides is 1. The Morgan fingerprint density at radius 1 is 1.29 bits per heavy atom. The molecule has 0 saturated carbocycles. The lowest BCUT2D eigenvalue weighted by atomic mass is 9.99. The molecule has 0 bridgehead atoms. The predicted octanol–water partition coefficient (Wildman–Crippen LogP) is 2.41. The normalized spacial score (nSPS) is 16.4. The number of hydrogen-bond donors (Lipinski definition) is 2. The van der Waals surface area contributed by atoms with Crippen molar-refractivity contribution < 1.29 is 14.7 Å². The second-order valence-corrected chi connectivity index (χ2v) is 5.91. The number of aliphatic carboxylic acids is 1. The molecule has 3 atom stereocenters. The van der Waals surface area contributed by atoms with Gasteiger partial charge in [0.2, 0.25) is 5.91 Å². The standard InChI is InChI=1S/C12H22BrNO3/c1-5-8(4)10(12(16)17)14-11(15)9(13)6-7(2)3/h7-10H,5-6H2,1-4H3,(H,14,15)(H,16,17)/t8-,9?,10-/m0/s1. The van der Waals surface area contributed by atoms with Crippen LogP contribution in [0.3, 0.4) is 0 Å². The summed E-state index contributed by atoms with van der Waals surface area (Å²) in [6.45, 7) is 7.77. The van der Waals surface area contributed by atoms with Gasteiger partial charge in [-0.3, -0.25) is 4.79 Å². The summed E-state index contributed by atoms with van der Waals surface area (Å²) in [5, 5.41) is 11.6. The maximum Gasteiger partial charge on any atom is 0.326 e. The van der Waals surface area contributed by atoms with Crippen LogP contribution in [0.1, 0.15) is 40.5 Å². The molecule has 0 aliphatic carbocycles. The average molecular weight is 308 g/mol. The second-order valence-electron chi connectivity index (χ2n) is 4.81. The van der Waals surface area contributed by atoms with E-state index in [0.717, 1.165) is 0 Å². The van der Waals surface area contributed by atoms with E-state index in [4.69, 9.17) is 5.11 Å². The minimum absolute atomic E-state index is 0.0739. The molecule has 0 rings (SSSR count). The van der Waals surface area contributed by atoms with Crippen molar-refractivity contribution in [1.82, 2.24) is 5.32 Å². The van der Waals surface area contributed by atoms with Crippen LogP contribution in [-0.4, -0.2) is 27.9 Å². The molecule has 17 heavy (non-hydrogen) atoms. The SMILES string of the molecule is CC[C@H](C)[C@H](NC(=O)C(Br)CC(C)C)C(=O)O. The van der Waals surface area contributed by atoms with E-state index >= 15 is 0 Å². The number of carboxylic acid groups (broad SMARTS) is 1. The number of carboxylic acids is 1. The first-order valence-corrected chi connectivity index (χ1v) is 6.88. The van der Waals surface area contributed by atoms with Crippen molar-refractivity contribution in [1.29, 1.82) is 0 Å². The molecule has 1 unspecified atom stereocenters. The summed E-state index contributed by atoms with van der Waals surface area (Å²) in [4.78, 5) is 22.5. The van der Waals surface area contributed by atoms with Gasteiger partial charge < -0.3 is 10.4 Å². The zero-order valence-electron chi connectivity index (χ0n) is 10.9. The van der Waals surface area contributed by atoms with Crippen LogP contribution >= 0.6 is 15.9 Å². The van der Waals surface area contributed by atoms with E-state index < -0.39 is 12.0 Å². The molecule has 0 spiro atoms. The van der Waals surface area contributed by atoms with Gasteiger partial charge in [0.05, 0.1) is 4.83 Å². The Labute approximate surface area is 111 Å². The summed E-state index contributed by atoms with van der Waals surface area (Å²) in [6, 6.07) is -0.806. The van der Waals surface area contributed by atoms with Gasteiger partial charge in [-0.25, -0.2) is 4.79 Å². The third-order valence-electron chi connectivity index (χ3n) is 2.74. The van der Waals surface area contributed by atoms with Gasteiger partial charge in [-0.05, 0) is 18.3 Å². The van der Waals surface area contributed by atoms with E-state index in [9.17, 15) is 9.59 Å². The molecule has 5 heteroatoms. The van der Waals surface area contributed by atoms with Gasteiger partial charge in [-0.15, -0.1) is 0 Å². The molecule has 100 valence electrons. The Morgan fingerprint density at radius 2 is 1.82 bits per heavy atom. The fraction of sp³-hybridized carbons (Fsp3) is 0.833. The number of rotatable bonds is 7. The largest absolute Gasteiger partial charge is 0.480 e. The minimum atomic E-state index is -0.975. The third kappa shape index (κ3) is 6.05. The van der Waals surface area contributed by atoms with Gasteiger partial charge in [0.1, 0.15) is 6.04 Å². The Kier molecular flexibility index (Phi) is 7.43. The Bertz CT molecular complexity index is 268. The van der Waals surface area contributed by atoms with Crippen molar-refractivity contribution in [3.8, 4) is 0 Å². The Balaban J connectivity index is 4.45. The zero-order chi connectivity index (χ0) is 13.6. The van der Waals surface area contributed by atoms with Crippen LogP contribution in [0.5, 0.6) is 0 Å². The fourth-order valence-corrected chi connectivity index (χ4v) is 2.33. The highest BCUT2D eigenvalue weighted by Crippen LogP contribution is 2.14. The average Bonchev–Trinajstić information content (AvgIpc) is 2.22. The van der Waals surface area contributed by atoms with E-state index in [2.05, 4.69) is 21.2 Å². The number of nitrogens with one attached hydrogen (secondary N) is 1. The first-order chi connectivity index (χ1) is 7.79. The van der Waals surface area contributed by atoms with Gasteiger partial charge in [0.15, 0.2) is 0 Å². The number of carbonyl (C=O) groups is 2. The van der Waals surface area contributed by atoms with Crippen LogP contribution in [0.25, 0.3) is 0 Å². The smallest absolute Gasteiger partial charge is 0.326 e. The summed E-state index contributed by atoms with van der Waals surface area (Å²) < 4.78 is 0. The first kappa shape index (κ1) is 16.4. The van der Waals surface area contributed by atoms with Gasteiger partial charge in [-0.1, -0.05) is 50.0 Å².